The van der Waals surface area contributed by atoms with Crippen LogP contribution in [-0.2, 0) is 9.53 Å². The molecule has 1 fully saturated rings. The van der Waals surface area contributed by atoms with E-state index in [9.17, 15) is 4.79 Å². The molecular formula is C9H17N3O3. The van der Waals surface area contributed by atoms with E-state index in [1.165, 1.54) is 0 Å². The highest BCUT2D eigenvalue weighted by Crippen LogP contribution is 2.24. The van der Waals surface area contributed by atoms with E-state index < -0.39 is 0 Å². The first-order chi connectivity index (χ1) is 6.98. The molecule has 1 amide bonds. The van der Waals surface area contributed by atoms with Gasteiger partial charge in [0.15, 0.2) is 0 Å². The van der Waals surface area contributed by atoms with E-state index in [2.05, 4.69) is 10.5 Å². The molecule has 0 aromatic heterocycles. The minimum absolute atomic E-state index is 0.0197. The van der Waals surface area contributed by atoms with Crippen LogP contribution in [0.4, 0.5) is 0 Å². The van der Waals surface area contributed by atoms with Gasteiger partial charge in [0.2, 0.25) is 5.91 Å². The molecule has 1 rings (SSSR count). The van der Waals surface area contributed by atoms with Gasteiger partial charge in [0.1, 0.15) is 5.84 Å². The minimum atomic E-state index is -0.354. The standard InChI is InChI=1S/C9H17N3O3/c1-6-9(2,3-4-15-6)11-8(13)5-7(10)12-14/h6,14H,3-5H2,1-2H3,(H2,10,12)(H,11,13). The van der Waals surface area contributed by atoms with Crippen molar-refractivity contribution in [3.05, 3.63) is 0 Å². The lowest BCUT2D eigenvalue weighted by Crippen LogP contribution is -2.51. The van der Waals surface area contributed by atoms with Crippen LogP contribution in [0.2, 0.25) is 0 Å². The van der Waals surface area contributed by atoms with Crippen LogP contribution in [0.15, 0.2) is 5.16 Å². The van der Waals surface area contributed by atoms with Gasteiger partial charge in [-0.15, -0.1) is 0 Å². The smallest absolute Gasteiger partial charge is 0.228 e. The molecule has 1 aliphatic rings. The fourth-order valence-electron chi connectivity index (χ4n) is 1.56. The Balaban J connectivity index is 2.50. The number of amides is 1. The maximum Gasteiger partial charge on any atom is 0.228 e. The SMILES string of the molecule is CC1OCCC1(C)NC(=O)CC(N)=NO. The van der Waals surface area contributed by atoms with Crippen LogP contribution < -0.4 is 11.1 Å². The summed E-state index contributed by atoms with van der Waals surface area (Å²) in [5.41, 5.74) is 4.88. The molecule has 4 N–H and O–H groups in total. The lowest BCUT2D eigenvalue weighted by atomic mass is 9.94. The summed E-state index contributed by atoms with van der Waals surface area (Å²) in [5, 5.41) is 13.9. The van der Waals surface area contributed by atoms with Crippen LogP contribution in [-0.4, -0.2) is 35.2 Å². The van der Waals surface area contributed by atoms with Crippen molar-refractivity contribution in [3.63, 3.8) is 0 Å². The number of oxime groups is 1. The van der Waals surface area contributed by atoms with Gasteiger partial charge in [-0.1, -0.05) is 5.16 Å². The molecule has 2 unspecified atom stereocenters. The second kappa shape index (κ2) is 4.48. The van der Waals surface area contributed by atoms with Crippen LogP contribution in [0.5, 0.6) is 0 Å². The van der Waals surface area contributed by atoms with Gasteiger partial charge in [-0.3, -0.25) is 4.79 Å². The van der Waals surface area contributed by atoms with Gasteiger partial charge in [0, 0.05) is 6.61 Å². The van der Waals surface area contributed by atoms with Gasteiger partial charge in [0.25, 0.3) is 0 Å². The Labute approximate surface area is 88.5 Å². The van der Waals surface area contributed by atoms with Crippen LogP contribution >= 0.6 is 0 Å². The summed E-state index contributed by atoms with van der Waals surface area (Å²) >= 11 is 0. The summed E-state index contributed by atoms with van der Waals surface area (Å²) in [6, 6.07) is 0. The quantitative estimate of drug-likeness (QED) is 0.263. The third-order valence-electron chi connectivity index (χ3n) is 2.78. The van der Waals surface area contributed by atoms with Gasteiger partial charge in [-0.25, -0.2) is 0 Å². The summed E-state index contributed by atoms with van der Waals surface area (Å²) in [6.45, 7) is 4.48. The van der Waals surface area contributed by atoms with E-state index in [1.54, 1.807) is 0 Å². The summed E-state index contributed by atoms with van der Waals surface area (Å²) < 4.78 is 5.38. The normalized spacial score (nSPS) is 31.6. The number of amidine groups is 1. The molecule has 1 saturated heterocycles. The number of nitrogens with one attached hydrogen (secondary N) is 1. The molecule has 0 bridgehead atoms. The Morgan fingerprint density at radius 1 is 1.80 bits per heavy atom. The number of rotatable bonds is 3. The largest absolute Gasteiger partial charge is 0.409 e. The van der Waals surface area contributed by atoms with Crippen molar-refractivity contribution in [1.82, 2.24) is 5.32 Å². The first-order valence-corrected chi connectivity index (χ1v) is 4.87. The fourth-order valence-corrected chi connectivity index (χ4v) is 1.56. The molecule has 1 heterocycles. The summed E-state index contributed by atoms with van der Waals surface area (Å²) in [6.07, 6.45) is 0.656. The number of carbonyl (C=O) groups excluding carboxylic acids is 1. The zero-order valence-electron chi connectivity index (χ0n) is 8.99. The molecule has 6 heteroatoms. The molecule has 15 heavy (non-hydrogen) atoms. The Morgan fingerprint density at radius 3 is 2.93 bits per heavy atom. The second-order valence-electron chi connectivity index (χ2n) is 4.00. The molecule has 0 aliphatic carbocycles. The average molecular weight is 215 g/mol. The van der Waals surface area contributed by atoms with Crippen molar-refractivity contribution >= 4 is 11.7 Å². The highest BCUT2D eigenvalue weighted by molar-refractivity contribution is 5.98. The van der Waals surface area contributed by atoms with E-state index >= 15 is 0 Å². The Hall–Kier alpha value is -1.30. The number of ether oxygens (including phenoxy) is 1. The molecule has 0 radical (unpaired) electrons. The van der Waals surface area contributed by atoms with Crippen molar-refractivity contribution in [1.29, 1.82) is 0 Å². The van der Waals surface area contributed by atoms with Gasteiger partial charge >= 0.3 is 0 Å². The monoisotopic (exact) mass is 215 g/mol. The number of nitrogens with zero attached hydrogens (tertiary/aromatic N) is 1. The zero-order valence-corrected chi connectivity index (χ0v) is 8.99. The Morgan fingerprint density at radius 2 is 2.47 bits per heavy atom. The van der Waals surface area contributed by atoms with E-state index in [1.807, 2.05) is 13.8 Å². The number of nitrogens with two attached hydrogens (primary N) is 1. The van der Waals surface area contributed by atoms with Crippen LogP contribution in [0, 0.1) is 0 Å². The third-order valence-corrected chi connectivity index (χ3v) is 2.78. The van der Waals surface area contributed by atoms with Crippen molar-refractivity contribution in [3.8, 4) is 0 Å². The van der Waals surface area contributed by atoms with Crippen LogP contribution in [0.3, 0.4) is 0 Å². The maximum absolute atomic E-state index is 11.5. The lowest BCUT2D eigenvalue weighted by Gasteiger charge is -2.28. The summed E-state index contributed by atoms with van der Waals surface area (Å²) in [4.78, 5) is 11.5. The third kappa shape index (κ3) is 2.82. The minimum Gasteiger partial charge on any atom is -0.409 e. The van der Waals surface area contributed by atoms with Gasteiger partial charge < -0.3 is 21.0 Å². The van der Waals surface area contributed by atoms with E-state index in [4.69, 9.17) is 15.7 Å². The number of hydrogen-bond donors (Lipinski definition) is 3. The zero-order chi connectivity index (χ0) is 11.5. The molecule has 0 aromatic carbocycles. The van der Waals surface area contributed by atoms with Crippen LogP contribution in [0.1, 0.15) is 26.7 Å². The molecule has 1 aliphatic heterocycles. The van der Waals surface area contributed by atoms with Gasteiger partial charge in [0.05, 0.1) is 18.1 Å². The van der Waals surface area contributed by atoms with Gasteiger partial charge in [-0.05, 0) is 20.3 Å². The van der Waals surface area contributed by atoms with Crippen molar-refractivity contribution < 1.29 is 14.7 Å². The first-order valence-electron chi connectivity index (χ1n) is 4.87. The molecular weight excluding hydrogens is 198 g/mol. The fraction of sp³-hybridized carbons (Fsp3) is 0.778. The Bertz CT molecular complexity index is 280. The molecule has 2 atom stereocenters. The second-order valence-corrected chi connectivity index (χ2v) is 4.00. The van der Waals surface area contributed by atoms with Crippen molar-refractivity contribution in [2.24, 2.45) is 10.9 Å². The van der Waals surface area contributed by atoms with E-state index in [-0.39, 0.29) is 29.8 Å². The molecule has 6 nitrogen and oxygen atoms in total. The highest BCUT2D eigenvalue weighted by atomic mass is 16.5. The van der Waals surface area contributed by atoms with Crippen molar-refractivity contribution in [2.75, 3.05) is 6.61 Å². The lowest BCUT2D eigenvalue weighted by molar-refractivity contribution is -0.122. The highest BCUT2D eigenvalue weighted by Gasteiger charge is 2.38. The first kappa shape index (κ1) is 11.8. The maximum atomic E-state index is 11.5. The predicted molar refractivity (Wildman–Crippen MR) is 54.6 cm³/mol. The van der Waals surface area contributed by atoms with Crippen LogP contribution in [0.25, 0.3) is 0 Å². The molecule has 86 valence electrons. The topological polar surface area (TPSA) is 96.9 Å². The molecule has 0 aromatic rings. The van der Waals surface area contributed by atoms with Crippen molar-refractivity contribution in [2.45, 2.75) is 38.3 Å². The Kier molecular flexibility index (Phi) is 3.52. The summed E-state index contributed by atoms with van der Waals surface area (Å²) in [5.74, 6) is -0.354. The van der Waals surface area contributed by atoms with E-state index in [0.717, 1.165) is 6.42 Å². The predicted octanol–water partition coefficient (Wildman–Crippen LogP) is -0.193. The molecule has 0 saturated carbocycles. The number of carbonyl (C=O) groups is 1. The summed E-state index contributed by atoms with van der Waals surface area (Å²) in [7, 11) is 0. The molecule has 0 spiro atoms. The van der Waals surface area contributed by atoms with Gasteiger partial charge in [-0.2, -0.15) is 0 Å². The number of hydrogen-bond acceptors (Lipinski definition) is 4. The van der Waals surface area contributed by atoms with E-state index in [0.29, 0.717) is 6.61 Å². The average Bonchev–Trinajstić information content (AvgIpc) is 2.46.